The number of rotatable bonds is 2. The first-order valence-corrected chi connectivity index (χ1v) is 6.80. The summed E-state index contributed by atoms with van der Waals surface area (Å²) in [5.41, 5.74) is 2.30. The predicted molar refractivity (Wildman–Crippen MR) is 76.8 cm³/mol. The van der Waals surface area contributed by atoms with Crippen LogP contribution in [0.25, 0.3) is 10.9 Å². The highest BCUT2D eigenvalue weighted by Crippen LogP contribution is 2.22. The standard InChI is InChI=1S/C15H12N2OS/c1-9-15(19-10(2)17-9)14(18)12-6-5-11-4-3-7-16-13(11)8-12/h3-8H,1-2H3. The second-order valence-electron chi connectivity index (χ2n) is 4.39. The first kappa shape index (κ1) is 12.0. The van der Waals surface area contributed by atoms with Gasteiger partial charge in [0.05, 0.1) is 21.1 Å². The summed E-state index contributed by atoms with van der Waals surface area (Å²) in [7, 11) is 0. The zero-order valence-corrected chi connectivity index (χ0v) is 11.5. The summed E-state index contributed by atoms with van der Waals surface area (Å²) in [4.78, 5) is 21.8. The number of carbonyl (C=O) groups is 1. The van der Waals surface area contributed by atoms with E-state index in [1.165, 1.54) is 11.3 Å². The van der Waals surface area contributed by atoms with Crippen LogP contribution in [0.5, 0.6) is 0 Å². The fourth-order valence-corrected chi connectivity index (χ4v) is 2.96. The molecule has 3 rings (SSSR count). The summed E-state index contributed by atoms with van der Waals surface area (Å²) < 4.78 is 0. The van der Waals surface area contributed by atoms with Crippen molar-refractivity contribution in [1.29, 1.82) is 0 Å². The zero-order valence-electron chi connectivity index (χ0n) is 10.7. The summed E-state index contributed by atoms with van der Waals surface area (Å²) in [6.45, 7) is 3.78. The Hall–Kier alpha value is -2.07. The van der Waals surface area contributed by atoms with Gasteiger partial charge in [-0.3, -0.25) is 9.78 Å². The van der Waals surface area contributed by atoms with E-state index in [-0.39, 0.29) is 5.78 Å². The Kier molecular flexibility index (Phi) is 2.87. The molecule has 4 heteroatoms. The minimum absolute atomic E-state index is 0.0238. The molecule has 0 amide bonds. The number of nitrogens with zero attached hydrogens (tertiary/aromatic N) is 2. The molecule has 1 aromatic carbocycles. The van der Waals surface area contributed by atoms with Crippen molar-refractivity contribution in [2.75, 3.05) is 0 Å². The number of thiazole rings is 1. The van der Waals surface area contributed by atoms with Gasteiger partial charge in [0.1, 0.15) is 0 Å². The Morgan fingerprint density at radius 2 is 2.05 bits per heavy atom. The monoisotopic (exact) mass is 268 g/mol. The number of aryl methyl sites for hydroxylation is 2. The second kappa shape index (κ2) is 4.55. The summed E-state index contributed by atoms with van der Waals surface area (Å²) in [5, 5.41) is 1.95. The van der Waals surface area contributed by atoms with Crippen molar-refractivity contribution >= 4 is 28.0 Å². The van der Waals surface area contributed by atoms with E-state index in [4.69, 9.17) is 0 Å². The highest BCUT2D eigenvalue weighted by Gasteiger charge is 2.16. The highest BCUT2D eigenvalue weighted by atomic mass is 32.1. The Labute approximate surface area is 115 Å². The Bertz CT molecular complexity index is 777. The van der Waals surface area contributed by atoms with Crippen molar-refractivity contribution in [3.05, 3.63) is 57.7 Å². The van der Waals surface area contributed by atoms with Crippen molar-refractivity contribution in [3.8, 4) is 0 Å². The van der Waals surface area contributed by atoms with Crippen LogP contribution in [0.15, 0.2) is 36.5 Å². The van der Waals surface area contributed by atoms with E-state index in [9.17, 15) is 4.79 Å². The number of aromatic nitrogens is 2. The molecule has 3 nitrogen and oxygen atoms in total. The lowest BCUT2D eigenvalue weighted by Gasteiger charge is -2.01. The molecule has 0 aliphatic carbocycles. The minimum atomic E-state index is 0.0238. The highest BCUT2D eigenvalue weighted by molar-refractivity contribution is 7.14. The molecular weight excluding hydrogens is 256 g/mol. The molecule has 0 fully saturated rings. The van der Waals surface area contributed by atoms with Gasteiger partial charge in [0, 0.05) is 17.1 Å². The molecule has 0 saturated heterocycles. The SMILES string of the molecule is Cc1nc(C)c(C(=O)c2ccc3cccnc3c2)s1. The Morgan fingerprint density at radius 3 is 2.79 bits per heavy atom. The molecular formula is C15H12N2OS. The molecule has 0 N–H and O–H groups in total. The lowest BCUT2D eigenvalue weighted by atomic mass is 10.1. The first-order valence-electron chi connectivity index (χ1n) is 5.98. The van der Waals surface area contributed by atoms with Crippen molar-refractivity contribution in [2.45, 2.75) is 13.8 Å². The minimum Gasteiger partial charge on any atom is -0.288 e. The van der Waals surface area contributed by atoms with E-state index in [0.717, 1.165) is 21.6 Å². The smallest absolute Gasteiger partial charge is 0.204 e. The van der Waals surface area contributed by atoms with Crippen LogP contribution in [0.2, 0.25) is 0 Å². The average molecular weight is 268 g/mol. The van der Waals surface area contributed by atoms with E-state index in [1.807, 2.05) is 44.2 Å². The molecule has 0 radical (unpaired) electrons. The summed E-state index contributed by atoms with van der Waals surface area (Å²) in [6, 6.07) is 9.49. The quantitative estimate of drug-likeness (QED) is 0.668. The van der Waals surface area contributed by atoms with Gasteiger partial charge in [0.15, 0.2) is 0 Å². The van der Waals surface area contributed by atoms with E-state index in [2.05, 4.69) is 9.97 Å². The molecule has 0 spiro atoms. The molecule has 0 unspecified atom stereocenters. The maximum atomic E-state index is 12.5. The molecule has 3 aromatic rings. The van der Waals surface area contributed by atoms with Crippen molar-refractivity contribution in [3.63, 3.8) is 0 Å². The fraction of sp³-hybridized carbons (Fsp3) is 0.133. The summed E-state index contributed by atoms with van der Waals surface area (Å²) >= 11 is 1.44. The number of fused-ring (bicyclic) bond motifs is 1. The van der Waals surface area contributed by atoms with Gasteiger partial charge in [-0.05, 0) is 26.0 Å². The van der Waals surface area contributed by atoms with Crippen molar-refractivity contribution in [1.82, 2.24) is 9.97 Å². The number of benzene rings is 1. The van der Waals surface area contributed by atoms with Gasteiger partial charge in [-0.1, -0.05) is 18.2 Å². The Morgan fingerprint density at radius 1 is 1.21 bits per heavy atom. The fourth-order valence-electron chi connectivity index (χ4n) is 2.08. The third kappa shape index (κ3) is 2.15. The number of ketones is 1. The van der Waals surface area contributed by atoms with Crippen LogP contribution in [-0.4, -0.2) is 15.8 Å². The van der Waals surface area contributed by atoms with Crippen molar-refractivity contribution in [2.24, 2.45) is 0 Å². The van der Waals surface area contributed by atoms with Crippen LogP contribution < -0.4 is 0 Å². The average Bonchev–Trinajstić information content (AvgIpc) is 2.76. The summed E-state index contributed by atoms with van der Waals surface area (Å²) in [5.74, 6) is 0.0238. The molecule has 0 saturated carbocycles. The predicted octanol–water partition coefficient (Wildman–Crippen LogP) is 3.54. The maximum Gasteiger partial charge on any atom is 0.204 e. The number of hydrogen-bond donors (Lipinski definition) is 0. The van der Waals surface area contributed by atoms with Gasteiger partial charge in [0.2, 0.25) is 5.78 Å². The zero-order chi connectivity index (χ0) is 13.4. The molecule has 2 heterocycles. The lowest BCUT2D eigenvalue weighted by molar-refractivity contribution is 0.104. The number of pyridine rings is 1. The normalized spacial score (nSPS) is 10.8. The number of hydrogen-bond acceptors (Lipinski definition) is 4. The molecule has 2 aromatic heterocycles. The topological polar surface area (TPSA) is 42.9 Å². The molecule has 94 valence electrons. The maximum absolute atomic E-state index is 12.5. The molecule has 0 atom stereocenters. The molecule has 0 bridgehead atoms. The van der Waals surface area contributed by atoms with Gasteiger partial charge in [-0.15, -0.1) is 11.3 Å². The van der Waals surface area contributed by atoms with Crippen molar-refractivity contribution < 1.29 is 4.79 Å². The third-order valence-electron chi connectivity index (χ3n) is 2.98. The van der Waals surface area contributed by atoms with Crippen LogP contribution in [0.3, 0.4) is 0 Å². The lowest BCUT2D eigenvalue weighted by Crippen LogP contribution is -2.00. The van der Waals surface area contributed by atoms with Crippen LogP contribution in [0.1, 0.15) is 25.9 Å². The third-order valence-corrected chi connectivity index (χ3v) is 4.05. The van der Waals surface area contributed by atoms with Gasteiger partial charge in [-0.25, -0.2) is 4.98 Å². The van der Waals surface area contributed by atoms with E-state index >= 15 is 0 Å². The Balaban J connectivity index is 2.09. The summed E-state index contributed by atoms with van der Waals surface area (Å²) in [6.07, 6.45) is 1.73. The molecule has 19 heavy (non-hydrogen) atoms. The van der Waals surface area contributed by atoms with E-state index in [0.29, 0.717) is 10.4 Å². The largest absolute Gasteiger partial charge is 0.288 e. The van der Waals surface area contributed by atoms with Crippen LogP contribution in [0, 0.1) is 13.8 Å². The number of carbonyl (C=O) groups excluding carboxylic acids is 1. The van der Waals surface area contributed by atoms with Crippen LogP contribution in [0.4, 0.5) is 0 Å². The second-order valence-corrected chi connectivity index (χ2v) is 5.59. The van der Waals surface area contributed by atoms with Gasteiger partial charge in [-0.2, -0.15) is 0 Å². The van der Waals surface area contributed by atoms with Gasteiger partial charge < -0.3 is 0 Å². The van der Waals surface area contributed by atoms with E-state index < -0.39 is 0 Å². The van der Waals surface area contributed by atoms with E-state index in [1.54, 1.807) is 6.20 Å². The van der Waals surface area contributed by atoms with Crippen LogP contribution in [-0.2, 0) is 0 Å². The molecule has 0 aliphatic rings. The van der Waals surface area contributed by atoms with Crippen LogP contribution >= 0.6 is 11.3 Å². The van der Waals surface area contributed by atoms with Gasteiger partial charge >= 0.3 is 0 Å². The molecule has 0 aliphatic heterocycles. The first-order chi connectivity index (χ1) is 9.15. The van der Waals surface area contributed by atoms with Gasteiger partial charge in [0.25, 0.3) is 0 Å².